The van der Waals surface area contributed by atoms with Crippen molar-refractivity contribution in [1.82, 2.24) is 0 Å². The fraction of sp³-hybridized carbons (Fsp3) is 0.389. The minimum atomic E-state index is -3.34. The Morgan fingerprint density at radius 1 is 1.38 bits per heavy atom. The Morgan fingerprint density at radius 3 is 2.85 bits per heavy atom. The van der Waals surface area contributed by atoms with Gasteiger partial charge in [-0.1, -0.05) is 6.07 Å². The summed E-state index contributed by atoms with van der Waals surface area (Å²) in [7, 11) is -2.02. The number of furan rings is 1. The van der Waals surface area contributed by atoms with Crippen molar-refractivity contribution in [2.24, 2.45) is 0 Å². The molecule has 140 valence electrons. The molecular weight excluding hydrogens is 356 g/mol. The van der Waals surface area contributed by atoms with Crippen LogP contribution in [-0.4, -0.2) is 34.3 Å². The Morgan fingerprint density at radius 2 is 2.15 bits per heavy atom. The molecule has 8 heteroatoms. The number of hydrogen-bond donors (Lipinski definition) is 1. The Hall–Kier alpha value is -2.48. The standard InChI is InChI=1S/C18H22N2O5S/c1-12-10-13(25-17(12)18(21)24-2)11-20-9-5-6-14-15(19-26(3,22)23)7-4-8-16(14)20/h4,7-8,10,19H,5-6,9,11H2,1-3H3. The van der Waals surface area contributed by atoms with Crippen molar-refractivity contribution in [2.75, 3.05) is 29.5 Å². The van der Waals surface area contributed by atoms with Crippen molar-refractivity contribution in [3.8, 4) is 0 Å². The van der Waals surface area contributed by atoms with Crippen molar-refractivity contribution >= 4 is 27.4 Å². The molecule has 2 aromatic rings. The molecule has 1 N–H and O–H groups in total. The number of carbonyl (C=O) groups excluding carboxylic acids is 1. The van der Waals surface area contributed by atoms with Gasteiger partial charge in [-0.15, -0.1) is 0 Å². The number of anilines is 2. The first-order valence-corrected chi connectivity index (χ1v) is 10.2. The summed E-state index contributed by atoms with van der Waals surface area (Å²) in [5.74, 6) is 0.386. The molecule has 0 spiro atoms. The van der Waals surface area contributed by atoms with Crippen molar-refractivity contribution in [3.63, 3.8) is 0 Å². The van der Waals surface area contributed by atoms with E-state index in [1.165, 1.54) is 7.11 Å². The van der Waals surface area contributed by atoms with Crippen molar-refractivity contribution in [1.29, 1.82) is 0 Å². The Labute approximate surface area is 153 Å². The van der Waals surface area contributed by atoms with Crippen molar-refractivity contribution in [2.45, 2.75) is 26.3 Å². The molecule has 26 heavy (non-hydrogen) atoms. The van der Waals surface area contributed by atoms with E-state index >= 15 is 0 Å². The van der Waals surface area contributed by atoms with E-state index in [0.717, 1.165) is 42.5 Å². The molecule has 0 bridgehead atoms. The normalized spacial score (nSPS) is 14.0. The Kier molecular flexibility index (Phi) is 4.95. The maximum absolute atomic E-state index is 11.7. The molecule has 3 rings (SSSR count). The lowest BCUT2D eigenvalue weighted by Gasteiger charge is -2.32. The van der Waals surface area contributed by atoms with E-state index in [2.05, 4.69) is 9.62 Å². The van der Waals surface area contributed by atoms with Crippen LogP contribution in [0.3, 0.4) is 0 Å². The van der Waals surface area contributed by atoms with Crippen LogP contribution in [0.1, 0.15) is 33.9 Å². The molecule has 1 aliphatic heterocycles. The van der Waals surface area contributed by atoms with Crippen LogP contribution in [0.5, 0.6) is 0 Å². The zero-order valence-corrected chi connectivity index (χ0v) is 15.9. The molecule has 1 aliphatic rings. The van der Waals surface area contributed by atoms with Crippen LogP contribution < -0.4 is 9.62 Å². The van der Waals surface area contributed by atoms with Crippen LogP contribution in [-0.2, 0) is 27.7 Å². The first kappa shape index (κ1) is 18.3. The van der Waals surface area contributed by atoms with Gasteiger partial charge in [0.15, 0.2) is 0 Å². The molecule has 1 aromatic carbocycles. The third-order valence-electron chi connectivity index (χ3n) is 4.33. The zero-order valence-electron chi connectivity index (χ0n) is 15.0. The summed E-state index contributed by atoms with van der Waals surface area (Å²) in [5, 5.41) is 0. The second-order valence-corrected chi connectivity index (χ2v) is 8.17. The van der Waals surface area contributed by atoms with Gasteiger partial charge in [-0.05, 0) is 43.5 Å². The number of hydrogen-bond acceptors (Lipinski definition) is 6. The minimum absolute atomic E-state index is 0.215. The lowest BCUT2D eigenvalue weighted by molar-refractivity contribution is 0.0562. The van der Waals surface area contributed by atoms with Gasteiger partial charge in [-0.3, -0.25) is 4.72 Å². The third-order valence-corrected chi connectivity index (χ3v) is 4.92. The summed E-state index contributed by atoms with van der Waals surface area (Å²) in [6.45, 7) is 3.12. The van der Waals surface area contributed by atoms with Crippen LogP contribution >= 0.6 is 0 Å². The molecule has 2 heterocycles. The third kappa shape index (κ3) is 3.85. The topological polar surface area (TPSA) is 88.8 Å². The fourth-order valence-electron chi connectivity index (χ4n) is 3.27. The predicted molar refractivity (Wildman–Crippen MR) is 99.1 cm³/mol. The molecule has 0 radical (unpaired) electrons. The van der Waals surface area contributed by atoms with Gasteiger partial charge in [-0.25, -0.2) is 13.2 Å². The monoisotopic (exact) mass is 378 g/mol. The molecule has 0 unspecified atom stereocenters. The second-order valence-electron chi connectivity index (χ2n) is 6.42. The summed E-state index contributed by atoms with van der Waals surface area (Å²) in [5.41, 5.74) is 3.29. The molecule has 0 atom stereocenters. The predicted octanol–water partition coefficient (Wildman–Crippen LogP) is 2.70. The maximum Gasteiger partial charge on any atom is 0.374 e. The largest absolute Gasteiger partial charge is 0.463 e. The van der Waals surface area contributed by atoms with E-state index in [0.29, 0.717) is 18.0 Å². The van der Waals surface area contributed by atoms with Crippen molar-refractivity contribution < 1.29 is 22.4 Å². The van der Waals surface area contributed by atoms with E-state index in [1.54, 1.807) is 13.0 Å². The Bertz CT molecular complexity index is 933. The lowest BCUT2D eigenvalue weighted by Crippen LogP contribution is -2.29. The molecule has 0 aliphatic carbocycles. The number of sulfonamides is 1. The van der Waals surface area contributed by atoms with Gasteiger partial charge in [-0.2, -0.15) is 0 Å². The van der Waals surface area contributed by atoms with Crippen LogP contribution in [0, 0.1) is 6.92 Å². The average molecular weight is 378 g/mol. The summed E-state index contributed by atoms with van der Waals surface area (Å²) in [6, 6.07) is 7.41. The van der Waals surface area contributed by atoms with E-state index in [-0.39, 0.29) is 5.76 Å². The fourth-order valence-corrected chi connectivity index (χ4v) is 3.86. The molecule has 0 saturated carbocycles. The van der Waals surface area contributed by atoms with Crippen LogP contribution in [0.25, 0.3) is 0 Å². The highest BCUT2D eigenvalue weighted by Crippen LogP contribution is 2.34. The molecule has 1 aromatic heterocycles. The molecule has 7 nitrogen and oxygen atoms in total. The average Bonchev–Trinajstić information content (AvgIpc) is 2.94. The lowest BCUT2D eigenvalue weighted by atomic mass is 10.00. The van der Waals surface area contributed by atoms with Gasteiger partial charge >= 0.3 is 5.97 Å². The van der Waals surface area contributed by atoms with Gasteiger partial charge in [0.1, 0.15) is 5.76 Å². The highest BCUT2D eigenvalue weighted by atomic mass is 32.2. The van der Waals surface area contributed by atoms with Gasteiger partial charge in [0, 0.05) is 17.8 Å². The molecule has 0 saturated heterocycles. The SMILES string of the molecule is COC(=O)c1oc(CN2CCCc3c(NS(C)(=O)=O)cccc32)cc1C. The summed E-state index contributed by atoms with van der Waals surface area (Å²) < 4.78 is 36.2. The first-order chi connectivity index (χ1) is 12.3. The van der Waals surface area contributed by atoms with E-state index in [9.17, 15) is 13.2 Å². The van der Waals surface area contributed by atoms with E-state index in [4.69, 9.17) is 9.15 Å². The smallest absolute Gasteiger partial charge is 0.374 e. The highest BCUT2D eigenvalue weighted by molar-refractivity contribution is 7.92. The quantitative estimate of drug-likeness (QED) is 0.805. The van der Waals surface area contributed by atoms with Crippen molar-refractivity contribution in [3.05, 3.63) is 46.9 Å². The van der Waals surface area contributed by atoms with Gasteiger partial charge < -0.3 is 14.1 Å². The zero-order chi connectivity index (χ0) is 18.9. The molecule has 0 fully saturated rings. The molecular formula is C18H22N2O5S. The number of carbonyl (C=O) groups is 1. The van der Waals surface area contributed by atoms with Crippen LogP contribution in [0.4, 0.5) is 11.4 Å². The summed E-state index contributed by atoms with van der Waals surface area (Å²) >= 11 is 0. The summed E-state index contributed by atoms with van der Waals surface area (Å²) in [4.78, 5) is 13.9. The number of methoxy groups -OCH3 is 1. The van der Waals surface area contributed by atoms with Gasteiger partial charge in [0.2, 0.25) is 15.8 Å². The second kappa shape index (κ2) is 7.03. The number of rotatable bonds is 5. The van der Waals surface area contributed by atoms with Crippen LogP contribution in [0.15, 0.2) is 28.7 Å². The number of ether oxygens (including phenoxy) is 1. The number of nitrogens with zero attached hydrogens (tertiary/aromatic N) is 1. The highest BCUT2D eigenvalue weighted by Gasteiger charge is 2.23. The molecule has 0 amide bonds. The summed E-state index contributed by atoms with van der Waals surface area (Å²) in [6.07, 6.45) is 2.85. The number of nitrogens with one attached hydrogen (secondary N) is 1. The Balaban J connectivity index is 1.89. The van der Waals surface area contributed by atoms with E-state index < -0.39 is 16.0 Å². The number of fused-ring (bicyclic) bond motifs is 1. The number of esters is 1. The van der Waals surface area contributed by atoms with Crippen LogP contribution in [0.2, 0.25) is 0 Å². The van der Waals surface area contributed by atoms with Gasteiger partial charge in [0.05, 0.1) is 25.6 Å². The number of benzene rings is 1. The number of aryl methyl sites for hydroxylation is 1. The maximum atomic E-state index is 11.7. The van der Waals surface area contributed by atoms with E-state index in [1.807, 2.05) is 18.2 Å². The van der Waals surface area contributed by atoms with Gasteiger partial charge in [0.25, 0.3) is 0 Å². The first-order valence-electron chi connectivity index (χ1n) is 8.30. The minimum Gasteiger partial charge on any atom is -0.463 e.